The summed E-state index contributed by atoms with van der Waals surface area (Å²) in [5, 5.41) is 0.332. The van der Waals surface area contributed by atoms with Crippen LogP contribution in [-0.4, -0.2) is 18.2 Å². The fraction of sp³-hybridized carbons (Fsp3) is 0.231. The molecule has 0 aromatic heterocycles. The fourth-order valence-electron chi connectivity index (χ4n) is 2.15. The Labute approximate surface area is 105 Å². The van der Waals surface area contributed by atoms with Gasteiger partial charge >= 0.3 is 0 Å². The van der Waals surface area contributed by atoms with Crippen molar-refractivity contribution in [3.8, 4) is 0 Å². The third-order valence-electron chi connectivity index (χ3n) is 2.73. The monoisotopic (exact) mass is 249 g/mol. The van der Waals surface area contributed by atoms with Crippen LogP contribution in [-0.2, 0) is 4.79 Å². The van der Waals surface area contributed by atoms with Gasteiger partial charge in [-0.15, -0.1) is 0 Å². The second kappa shape index (κ2) is 4.00. The number of carbonyl (C=O) groups excluding carboxylic acids is 2. The van der Waals surface area contributed by atoms with Gasteiger partial charge in [0.05, 0.1) is 17.8 Å². The quantitative estimate of drug-likeness (QED) is 0.756. The molecule has 88 valence electrons. The van der Waals surface area contributed by atoms with Crippen LogP contribution in [0.4, 0.5) is 5.69 Å². The molecule has 0 saturated carbocycles. The minimum absolute atomic E-state index is 0.170. The fourth-order valence-corrected chi connectivity index (χ4v) is 2.27. The SMILES string of the molecule is C=C(Cl)CN1C(=O)C(=O)c2cc(C)cc(C)c21. The van der Waals surface area contributed by atoms with Crippen LogP contribution in [0.3, 0.4) is 0 Å². The summed E-state index contributed by atoms with van der Waals surface area (Å²) in [7, 11) is 0. The van der Waals surface area contributed by atoms with Crippen LogP contribution in [0.2, 0.25) is 0 Å². The molecule has 1 amide bonds. The van der Waals surface area contributed by atoms with E-state index in [4.69, 9.17) is 11.6 Å². The third-order valence-corrected chi connectivity index (χ3v) is 2.85. The second-order valence-corrected chi connectivity index (χ2v) is 4.75. The second-order valence-electron chi connectivity index (χ2n) is 4.22. The number of anilines is 1. The maximum atomic E-state index is 11.8. The van der Waals surface area contributed by atoms with Crippen molar-refractivity contribution in [1.29, 1.82) is 0 Å². The van der Waals surface area contributed by atoms with Crippen molar-refractivity contribution in [3.05, 3.63) is 40.4 Å². The topological polar surface area (TPSA) is 37.4 Å². The summed E-state index contributed by atoms with van der Waals surface area (Å²) in [5.74, 6) is -1.000. The van der Waals surface area contributed by atoms with Gasteiger partial charge in [-0.1, -0.05) is 24.2 Å². The summed E-state index contributed by atoms with van der Waals surface area (Å²) in [5.41, 5.74) is 2.99. The van der Waals surface area contributed by atoms with Crippen molar-refractivity contribution in [2.75, 3.05) is 11.4 Å². The number of nitrogens with zero attached hydrogens (tertiary/aromatic N) is 1. The number of fused-ring (bicyclic) bond motifs is 1. The van der Waals surface area contributed by atoms with Crippen LogP contribution < -0.4 is 4.90 Å². The number of amides is 1. The van der Waals surface area contributed by atoms with Crippen LogP contribution in [0.25, 0.3) is 0 Å². The molecule has 1 aliphatic heterocycles. The predicted molar refractivity (Wildman–Crippen MR) is 67.6 cm³/mol. The van der Waals surface area contributed by atoms with Crippen molar-refractivity contribution >= 4 is 29.0 Å². The molecule has 0 bridgehead atoms. The summed E-state index contributed by atoms with van der Waals surface area (Å²) in [4.78, 5) is 25.1. The average Bonchev–Trinajstić information content (AvgIpc) is 2.43. The number of ketones is 1. The van der Waals surface area contributed by atoms with Crippen LogP contribution in [0.15, 0.2) is 23.7 Å². The molecule has 0 fully saturated rings. The molecule has 1 heterocycles. The van der Waals surface area contributed by atoms with Crippen molar-refractivity contribution in [1.82, 2.24) is 0 Å². The Hall–Kier alpha value is -1.61. The summed E-state index contributed by atoms with van der Waals surface area (Å²) >= 11 is 5.72. The summed E-state index contributed by atoms with van der Waals surface area (Å²) in [6, 6.07) is 3.67. The third kappa shape index (κ3) is 1.87. The minimum Gasteiger partial charge on any atom is -0.299 e. The number of benzene rings is 1. The first-order chi connectivity index (χ1) is 7.91. The number of hydrogen-bond acceptors (Lipinski definition) is 2. The zero-order valence-electron chi connectivity index (χ0n) is 9.71. The molecule has 3 nitrogen and oxygen atoms in total. The van der Waals surface area contributed by atoms with Crippen molar-refractivity contribution in [2.45, 2.75) is 13.8 Å². The maximum Gasteiger partial charge on any atom is 0.299 e. The van der Waals surface area contributed by atoms with E-state index in [1.54, 1.807) is 6.07 Å². The Morgan fingerprint density at radius 1 is 1.35 bits per heavy atom. The molecule has 0 N–H and O–H groups in total. The molecule has 0 spiro atoms. The van der Waals surface area contributed by atoms with Crippen LogP contribution in [0.1, 0.15) is 21.5 Å². The molecule has 1 aliphatic rings. The molecular weight excluding hydrogens is 238 g/mol. The van der Waals surface area contributed by atoms with Gasteiger partial charge in [0.15, 0.2) is 0 Å². The summed E-state index contributed by atoms with van der Waals surface area (Å²) in [6.07, 6.45) is 0. The van der Waals surface area contributed by atoms with E-state index in [0.717, 1.165) is 11.1 Å². The Kier molecular flexibility index (Phi) is 2.79. The predicted octanol–water partition coefficient (Wildman–Crippen LogP) is 2.59. The number of Topliss-reactive ketones (excluding diaryl/α,β-unsaturated/α-hetero) is 1. The molecule has 1 aromatic carbocycles. The number of hydrogen-bond donors (Lipinski definition) is 0. The zero-order chi connectivity index (χ0) is 12.7. The molecule has 0 unspecified atom stereocenters. The number of rotatable bonds is 2. The van der Waals surface area contributed by atoms with E-state index in [1.165, 1.54) is 4.90 Å². The molecule has 0 radical (unpaired) electrons. The van der Waals surface area contributed by atoms with Crippen molar-refractivity contribution in [2.24, 2.45) is 0 Å². The van der Waals surface area contributed by atoms with E-state index in [-0.39, 0.29) is 6.54 Å². The lowest BCUT2D eigenvalue weighted by atomic mass is 10.0. The highest BCUT2D eigenvalue weighted by Crippen LogP contribution is 2.33. The van der Waals surface area contributed by atoms with E-state index in [9.17, 15) is 9.59 Å². The van der Waals surface area contributed by atoms with Gasteiger partial charge in [0.2, 0.25) is 0 Å². The zero-order valence-corrected chi connectivity index (χ0v) is 10.5. The largest absolute Gasteiger partial charge is 0.299 e. The highest BCUT2D eigenvalue weighted by Gasteiger charge is 2.36. The Balaban J connectivity index is 2.60. The normalized spacial score (nSPS) is 14.2. The lowest BCUT2D eigenvalue weighted by molar-refractivity contribution is -0.114. The smallest absolute Gasteiger partial charge is 0.299 e. The summed E-state index contributed by atoms with van der Waals surface area (Å²) < 4.78 is 0. The lowest BCUT2D eigenvalue weighted by Gasteiger charge is -2.17. The van der Waals surface area contributed by atoms with Gasteiger partial charge in [-0.3, -0.25) is 14.5 Å². The summed E-state index contributed by atoms with van der Waals surface area (Å²) in [6.45, 7) is 7.50. The van der Waals surface area contributed by atoms with Gasteiger partial charge in [0.1, 0.15) is 0 Å². The van der Waals surface area contributed by atoms with Crippen LogP contribution >= 0.6 is 11.6 Å². The van der Waals surface area contributed by atoms with Crippen LogP contribution in [0.5, 0.6) is 0 Å². The molecule has 1 aromatic rings. The number of halogens is 1. The first-order valence-corrected chi connectivity index (χ1v) is 5.60. The molecule has 0 aliphatic carbocycles. The maximum absolute atomic E-state index is 11.8. The lowest BCUT2D eigenvalue weighted by Crippen LogP contribution is -2.31. The first kappa shape index (κ1) is 11.9. The van der Waals surface area contributed by atoms with E-state index >= 15 is 0 Å². The minimum atomic E-state index is -0.532. The molecule has 2 rings (SSSR count). The van der Waals surface area contributed by atoms with Crippen molar-refractivity contribution < 1.29 is 9.59 Å². The Morgan fingerprint density at radius 3 is 2.59 bits per heavy atom. The van der Waals surface area contributed by atoms with Gasteiger partial charge in [0.25, 0.3) is 11.7 Å². The van der Waals surface area contributed by atoms with Gasteiger partial charge in [-0.2, -0.15) is 0 Å². The van der Waals surface area contributed by atoms with Gasteiger partial charge in [-0.05, 0) is 31.0 Å². The molecule has 0 atom stereocenters. The number of carbonyl (C=O) groups is 2. The van der Waals surface area contributed by atoms with E-state index in [2.05, 4.69) is 6.58 Å². The number of aryl methyl sites for hydroxylation is 2. The Morgan fingerprint density at radius 2 is 2.00 bits per heavy atom. The molecular formula is C13H12ClNO2. The molecule has 4 heteroatoms. The first-order valence-electron chi connectivity index (χ1n) is 5.22. The van der Waals surface area contributed by atoms with E-state index in [0.29, 0.717) is 16.3 Å². The van der Waals surface area contributed by atoms with Gasteiger partial charge in [0, 0.05) is 5.03 Å². The highest BCUT2D eigenvalue weighted by molar-refractivity contribution is 6.52. The highest BCUT2D eigenvalue weighted by atomic mass is 35.5. The van der Waals surface area contributed by atoms with Gasteiger partial charge in [-0.25, -0.2) is 0 Å². The molecule has 17 heavy (non-hydrogen) atoms. The standard InChI is InChI=1S/C13H12ClNO2/c1-7-4-8(2)11-10(5-7)12(16)13(17)15(11)6-9(3)14/h4-5H,3,6H2,1-2H3. The van der Waals surface area contributed by atoms with Crippen molar-refractivity contribution in [3.63, 3.8) is 0 Å². The molecule has 0 saturated heterocycles. The van der Waals surface area contributed by atoms with E-state index < -0.39 is 11.7 Å². The van der Waals surface area contributed by atoms with Crippen LogP contribution in [0, 0.1) is 13.8 Å². The Bertz CT molecular complexity index is 549. The van der Waals surface area contributed by atoms with Gasteiger partial charge < -0.3 is 0 Å². The van der Waals surface area contributed by atoms with E-state index in [1.807, 2.05) is 19.9 Å². The average molecular weight is 250 g/mol.